The summed E-state index contributed by atoms with van der Waals surface area (Å²) in [4.78, 5) is 48.5. The van der Waals surface area contributed by atoms with Gasteiger partial charge in [0, 0.05) is 48.2 Å². The highest BCUT2D eigenvalue weighted by molar-refractivity contribution is 7.92. The molecule has 0 saturated heterocycles. The summed E-state index contributed by atoms with van der Waals surface area (Å²) in [5.41, 5.74) is 1.25. The molecule has 0 saturated carbocycles. The first-order valence-electron chi connectivity index (χ1n) is 12.5. The number of anilines is 2. The molecule has 3 aromatic rings. The molecule has 3 aromatic carbocycles. The summed E-state index contributed by atoms with van der Waals surface area (Å²) in [5, 5.41) is 12.7. The van der Waals surface area contributed by atoms with Crippen LogP contribution in [0, 0.1) is 12.1 Å². The molecule has 0 fully saturated rings. The highest BCUT2D eigenvalue weighted by Crippen LogP contribution is 2.33. The Hall–Kier alpha value is -4.40. The highest BCUT2D eigenvalue weighted by Gasteiger charge is 2.31. The molecule has 1 heterocycles. The van der Waals surface area contributed by atoms with Crippen molar-refractivity contribution in [3.63, 3.8) is 0 Å². The number of carbonyl (C=O) groups is 4. The van der Waals surface area contributed by atoms with Gasteiger partial charge in [-0.2, -0.15) is 0 Å². The zero-order chi connectivity index (χ0) is 29.7. The maximum Gasteiger partial charge on any atom is 0.337 e. The SMILES string of the molecule is COC(=O)CCCC(=O)c1ccc(NCC(=O)c2cccc(S(=O)(=O)N3CCc4c#cc(Cl)cc43)c2)c(C(=O)O)c1. The molecule has 4 rings (SSSR count). The molecule has 10 nitrogen and oxygen atoms in total. The Kier molecular flexibility index (Phi) is 8.95. The number of carboxylic acids is 1. The standard InChI is InChI=1S/C29H25ClN2O8S/c1-40-28(35)7-3-6-26(33)20-9-11-24(23(15-20)29(36)37)31-17-27(34)19-4-2-5-22(14-19)41(38,39)32-13-12-18-8-10-21(30)16-25(18)32/h2,4-5,9,11,14-16,31H,3,6-7,12-13,17H2,1H3,(H,36,37). The van der Waals surface area contributed by atoms with Crippen molar-refractivity contribution in [3.8, 4) is 0 Å². The number of halogens is 1. The summed E-state index contributed by atoms with van der Waals surface area (Å²) in [6.45, 7) is -0.132. The van der Waals surface area contributed by atoms with Gasteiger partial charge in [-0.05, 0) is 48.9 Å². The molecule has 12 heteroatoms. The van der Waals surface area contributed by atoms with Crippen LogP contribution in [0.15, 0.2) is 53.4 Å². The molecule has 212 valence electrons. The average molecular weight is 597 g/mol. The Bertz CT molecular complexity index is 1640. The first kappa shape index (κ1) is 29.6. The summed E-state index contributed by atoms with van der Waals surface area (Å²) in [7, 11) is -2.75. The Morgan fingerprint density at radius 2 is 1.78 bits per heavy atom. The molecule has 0 aliphatic carbocycles. The number of rotatable bonds is 12. The highest BCUT2D eigenvalue weighted by atomic mass is 35.5. The van der Waals surface area contributed by atoms with Gasteiger partial charge in [0.1, 0.15) is 0 Å². The van der Waals surface area contributed by atoms with Crippen LogP contribution in [0.4, 0.5) is 11.4 Å². The number of aromatic carboxylic acids is 1. The normalized spacial score (nSPS) is 12.3. The zero-order valence-electron chi connectivity index (χ0n) is 21.9. The topological polar surface area (TPSA) is 147 Å². The second-order valence-electron chi connectivity index (χ2n) is 9.16. The van der Waals surface area contributed by atoms with Crippen LogP contribution >= 0.6 is 11.6 Å². The number of fused-ring (bicyclic) bond motifs is 1. The van der Waals surface area contributed by atoms with Crippen molar-refractivity contribution >= 4 is 56.5 Å². The van der Waals surface area contributed by atoms with Crippen molar-refractivity contribution in [2.75, 3.05) is 29.8 Å². The van der Waals surface area contributed by atoms with Gasteiger partial charge in [0.25, 0.3) is 10.0 Å². The van der Waals surface area contributed by atoms with E-state index in [1.807, 2.05) is 0 Å². The van der Waals surface area contributed by atoms with Crippen molar-refractivity contribution in [1.82, 2.24) is 0 Å². The fourth-order valence-electron chi connectivity index (χ4n) is 4.36. The number of benzene rings is 2. The second kappa shape index (κ2) is 12.4. The lowest BCUT2D eigenvalue weighted by Crippen LogP contribution is -2.29. The second-order valence-corrected chi connectivity index (χ2v) is 11.4. The largest absolute Gasteiger partial charge is 0.478 e. The Balaban J connectivity index is 1.47. The molecular weight excluding hydrogens is 572 g/mol. The summed E-state index contributed by atoms with van der Waals surface area (Å²) < 4.78 is 32.6. The maximum absolute atomic E-state index is 13.4. The number of sulfonamides is 1. The van der Waals surface area contributed by atoms with Gasteiger partial charge in [0.05, 0.1) is 34.8 Å². The van der Waals surface area contributed by atoms with Gasteiger partial charge in [-0.3, -0.25) is 18.7 Å². The van der Waals surface area contributed by atoms with E-state index < -0.39 is 27.7 Å². The molecule has 1 aliphatic heterocycles. The van der Waals surface area contributed by atoms with E-state index in [9.17, 15) is 32.7 Å². The monoisotopic (exact) mass is 596 g/mol. The third kappa shape index (κ3) is 6.67. The molecule has 0 bridgehead atoms. The third-order valence-electron chi connectivity index (χ3n) is 6.51. The fourth-order valence-corrected chi connectivity index (χ4v) is 6.05. The van der Waals surface area contributed by atoms with Gasteiger partial charge in [-0.25, -0.2) is 13.2 Å². The molecule has 2 N–H and O–H groups in total. The smallest absolute Gasteiger partial charge is 0.337 e. The lowest BCUT2D eigenvalue weighted by molar-refractivity contribution is -0.140. The number of carbonyl (C=O) groups excluding carboxylic acids is 3. The number of Topliss-reactive ketones (excluding diaryl/α,β-unsaturated/α-hetero) is 2. The van der Waals surface area contributed by atoms with Gasteiger partial charge in [-0.1, -0.05) is 29.8 Å². The van der Waals surface area contributed by atoms with Gasteiger partial charge < -0.3 is 15.2 Å². The third-order valence-corrected chi connectivity index (χ3v) is 8.52. The predicted octanol–water partition coefficient (Wildman–Crippen LogP) is 4.21. The molecule has 41 heavy (non-hydrogen) atoms. The maximum atomic E-state index is 13.4. The zero-order valence-corrected chi connectivity index (χ0v) is 23.5. The number of hydrogen-bond donors (Lipinski definition) is 2. The van der Waals surface area contributed by atoms with Gasteiger partial charge in [0.2, 0.25) is 0 Å². The molecule has 0 atom stereocenters. The first-order chi connectivity index (χ1) is 19.5. The van der Waals surface area contributed by atoms with E-state index in [4.69, 9.17) is 11.6 Å². The predicted molar refractivity (Wildman–Crippen MR) is 150 cm³/mol. The van der Waals surface area contributed by atoms with Crippen molar-refractivity contribution in [2.45, 2.75) is 30.6 Å². The molecule has 0 amide bonds. The molecule has 0 unspecified atom stereocenters. The summed E-state index contributed by atoms with van der Waals surface area (Å²) in [6.07, 6.45) is 0.807. The van der Waals surface area contributed by atoms with Gasteiger partial charge in [0.15, 0.2) is 11.6 Å². The van der Waals surface area contributed by atoms with Crippen LogP contribution < -0.4 is 9.62 Å². The Labute approximate surface area is 241 Å². The summed E-state index contributed by atoms with van der Waals surface area (Å²) in [6, 6.07) is 16.7. The molecular formula is C29H25ClN2O8S. The first-order valence-corrected chi connectivity index (χ1v) is 14.3. The van der Waals surface area contributed by atoms with Gasteiger partial charge >= 0.3 is 11.9 Å². The summed E-state index contributed by atoms with van der Waals surface area (Å²) >= 11 is 6.00. The van der Waals surface area contributed by atoms with Crippen LogP contribution in [0.5, 0.6) is 0 Å². The van der Waals surface area contributed by atoms with E-state index in [2.05, 4.69) is 22.2 Å². The lowest BCUT2D eigenvalue weighted by Gasteiger charge is -2.19. The molecule has 1 aliphatic rings. The quantitative estimate of drug-likeness (QED) is 0.232. The number of methoxy groups -OCH3 is 1. The van der Waals surface area contributed by atoms with E-state index in [-0.39, 0.29) is 70.4 Å². The van der Waals surface area contributed by atoms with Crippen molar-refractivity contribution in [3.05, 3.63) is 87.9 Å². The number of hydrogen-bond acceptors (Lipinski definition) is 8. The average Bonchev–Trinajstić information content (AvgIpc) is 3.39. The number of ketones is 2. The van der Waals surface area contributed by atoms with Crippen LogP contribution in [0.2, 0.25) is 5.02 Å². The fraction of sp³-hybridized carbons (Fsp3) is 0.241. The number of nitrogens with one attached hydrogen (secondary N) is 1. The van der Waals surface area contributed by atoms with Crippen LogP contribution in [0.25, 0.3) is 0 Å². The van der Waals surface area contributed by atoms with Crippen molar-refractivity contribution in [1.29, 1.82) is 0 Å². The van der Waals surface area contributed by atoms with E-state index in [0.29, 0.717) is 17.7 Å². The minimum atomic E-state index is -4.00. The molecule has 0 radical (unpaired) electrons. The minimum Gasteiger partial charge on any atom is -0.478 e. The van der Waals surface area contributed by atoms with Crippen molar-refractivity contribution < 1.29 is 37.4 Å². The number of carboxylic acid groups (broad SMARTS) is 1. The Morgan fingerprint density at radius 1 is 1.02 bits per heavy atom. The van der Waals surface area contributed by atoms with Crippen LogP contribution in [-0.2, 0) is 26.0 Å². The minimum absolute atomic E-state index is 0.0332. The van der Waals surface area contributed by atoms with Crippen LogP contribution in [0.3, 0.4) is 0 Å². The lowest BCUT2D eigenvalue weighted by atomic mass is 10.0. The van der Waals surface area contributed by atoms with E-state index >= 15 is 0 Å². The van der Waals surface area contributed by atoms with Crippen molar-refractivity contribution in [2.24, 2.45) is 0 Å². The van der Waals surface area contributed by atoms with E-state index in [1.165, 1.54) is 59.9 Å². The summed E-state index contributed by atoms with van der Waals surface area (Å²) in [5.74, 6) is -2.57. The number of esters is 1. The molecule has 0 aromatic heterocycles. The molecule has 0 spiro atoms. The van der Waals surface area contributed by atoms with Crippen LogP contribution in [0.1, 0.15) is 55.9 Å². The number of ether oxygens (including phenoxy) is 1. The Morgan fingerprint density at radius 3 is 2.51 bits per heavy atom. The van der Waals surface area contributed by atoms with Gasteiger partial charge in [-0.15, -0.1) is 0 Å². The van der Waals surface area contributed by atoms with Crippen LogP contribution in [-0.4, -0.2) is 57.2 Å². The van der Waals surface area contributed by atoms with E-state index in [0.717, 1.165) is 0 Å². The van der Waals surface area contributed by atoms with E-state index in [1.54, 1.807) is 0 Å². The number of nitrogens with zero attached hydrogens (tertiary/aromatic N) is 1.